The molecule has 0 unspecified atom stereocenters. The first kappa shape index (κ1) is 18.1. The van der Waals surface area contributed by atoms with Gasteiger partial charge in [0, 0.05) is 23.2 Å². The van der Waals surface area contributed by atoms with E-state index in [1.807, 2.05) is 32.2 Å². The van der Waals surface area contributed by atoms with Crippen LogP contribution < -0.4 is 18.9 Å². The van der Waals surface area contributed by atoms with Gasteiger partial charge in [0.05, 0.1) is 25.8 Å². The Balaban J connectivity index is 1.68. The molecule has 0 radical (unpaired) electrons. The molecule has 0 bridgehead atoms. The van der Waals surface area contributed by atoms with Crippen LogP contribution in [0.25, 0.3) is 0 Å². The molecular weight excluding hydrogens is 374 g/mol. The number of methoxy groups -OCH3 is 2. The van der Waals surface area contributed by atoms with Crippen molar-refractivity contribution < 1.29 is 28.5 Å². The quantitative estimate of drug-likeness (QED) is 0.737. The minimum atomic E-state index is -0.444. The lowest BCUT2D eigenvalue weighted by molar-refractivity contribution is 0.00880. The molecule has 2 aromatic rings. The first-order chi connectivity index (χ1) is 14.0. The van der Waals surface area contributed by atoms with Crippen LogP contribution in [0.15, 0.2) is 18.2 Å². The summed E-state index contributed by atoms with van der Waals surface area (Å²) in [6.07, 6.45) is 0.408. The first-order valence-corrected chi connectivity index (χ1v) is 9.63. The second-order valence-corrected chi connectivity index (χ2v) is 7.57. The van der Waals surface area contributed by atoms with Crippen molar-refractivity contribution in [2.75, 3.05) is 34.6 Å². The summed E-state index contributed by atoms with van der Waals surface area (Å²) in [7, 11) is 5.28. The Morgan fingerprint density at radius 1 is 1.17 bits per heavy atom. The van der Waals surface area contributed by atoms with Crippen molar-refractivity contribution in [2.24, 2.45) is 0 Å². The molecule has 152 valence electrons. The van der Waals surface area contributed by atoms with Gasteiger partial charge in [-0.3, -0.25) is 4.90 Å². The van der Waals surface area contributed by atoms with Crippen LogP contribution in [0.2, 0.25) is 0 Å². The van der Waals surface area contributed by atoms with E-state index in [0.717, 1.165) is 35.2 Å². The monoisotopic (exact) mass is 397 g/mol. The molecule has 3 aliphatic heterocycles. The molecule has 2 atom stereocenters. The zero-order valence-corrected chi connectivity index (χ0v) is 16.9. The van der Waals surface area contributed by atoms with Gasteiger partial charge in [-0.15, -0.1) is 0 Å². The third kappa shape index (κ3) is 2.50. The van der Waals surface area contributed by atoms with Crippen molar-refractivity contribution in [1.29, 1.82) is 0 Å². The van der Waals surface area contributed by atoms with Crippen LogP contribution in [0.4, 0.5) is 0 Å². The third-order valence-corrected chi connectivity index (χ3v) is 6.15. The van der Waals surface area contributed by atoms with Gasteiger partial charge in [-0.05, 0) is 38.1 Å². The highest BCUT2D eigenvalue weighted by Gasteiger charge is 2.45. The number of cyclic esters (lactones) is 1. The van der Waals surface area contributed by atoms with Crippen LogP contribution in [0, 0.1) is 6.92 Å². The molecule has 0 amide bonds. The van der Waals surface area contributed by atoms with Gasteiger partial charge in [0.2, 0.25) is 12.5 Å². The summed E-state index contributed by atoms with van der Waals surface area (Å²) in [6, 6.07) is 5.65. The lowest BCUT2D eigenvalue weighted by Crippen LogP contribution is -2.36. The maximum atomic E-state index is 12.8. The molecule has 7 nitrogen and oxygen atoms in total. The van der Waals surface area contributed by atoms with Crippen LogP contribution in [-0.2, 0) is 11.2 Å². The van der Waals surface area contributed by atoms with Gasteiger partial charge in [-0.1, -0.05) is 6.07 Å². The highest BCUT2D eigenvalue weighted by atomic mass is 16.7. The largest absolute Gasteiger partial charge is 0.496 e. The minimum absolute atomic E-state index is 0.176. The number of esters is 1. The average Bonchev–Trinajstić information content (AvgIpc) is 3.31. The lowest BCUT2D eigenvalue weighted by Gasteiger charge is -2.38. The number of benzene rings is 2. The number of hydrogen-bond donors (Lipinski definition) is 0. The Morgan fingerprint density at radius 2 is 2.00 bits per heavy atom. The number of ether oxygens (including phenoxy) is 5. The molecule has 5 rings (SSSR count). The van der Waals surface area contributed by atoms with Gasteiger partial charge < -0.3 is 23.7 Å². The highest BCUT2D eigenvalue weighted by molar-refractivity contribution is 5.96. The van der Waals surface area contributed by atoms with E-state index < -0.39 is 6.10 Å². The topological polar surface area (TPSA) is 66.5 Å². The highest BCUT2D eigenvalue weighted by Crippen LogP contribution is 2.54. The van der Waals surface area contributed by atoms with Crippen LogP contribution in [0.5, 0.6) is 23.0 Å². The molecule has 0 aromatic heterocycles. The Hall–Kier alpha value is -2.93. The predicted molar refractivity (Wildman–Crippen MR) is 104 cm³/mol. The fourth-order valence-corrected chi connectivity index (χ4v) is 4.76. The van der Waals surface area contributed by atoms with Gasteiger partial charge in [0.1, 0.15) is 11.9 Å². The van der Waals surface area contributed by atoms with Crippen molar-refractivity contribution in [3.8, 4) is 23.0 Å². The summed E-state index contributed by atoms with van der Waals surface area (Å²) in [5.41, 5.74) is 4.38. The van der Waals surface area contributed by atoms with Crippen LogP contribution in [0.1, 0.15) is 44.8 Å². The second-order valence-electron chi connectivity index (χ2n) is 7.57. The molecule has 0 aliphatic carbocycles. The Bertz CT molecular complexity index is 1020. The molecule has 0 N–H and O–H groups in total. The maximum absolute atomic E-state index is 12.8. The number of hydrogen-bond acceptors (Lipinski definition) is 7. The van der Waals surface area contributed by atoms with Crippen molar-refractivity contribution in [2.45, 2.75) is 25.5 Å². The number of fused-ring (bicyclic) bond motifs is 3. The molecule has 3 heterocycles. The number of carbonyl (C=O) groups excluding carboxylic acids is 1. The van der Waals surface area contributed by atoms with E-state index in [9.17, 15) is 4.79 Å². The van der Waals surface area contributed by atoms with Gasteiger partial charge in [0.25, 0.3) is 0 Å². The van der Waals surface area contributed by atoms with Crippen molar-refractivity contribution >= 4 is 5.97 Å². The second kappa shape index (κ2) is 6.56. The zero-order valence-electron chi connectivity index (χ0n) is 16.9. The fraction of sp³-hybridized carbons (Fsp3) is 0.409. The van der Waals surface area contributed by atoms with Gasteiger partial charge in [-0.25, -0.2) is 4.79 Å². The SMILES string of the molecule is COc1ccc2c(c1C)C(=O)O[C@@H]2[C@H]1c2c(cc3c(c2OC)OCO3)CCN1C. The first-order valence-electron chi connectivity index (χ1n) is 9.63. The Kier molecular flexibility index (Phi) is 4.10. The van der Waals surface area contributed by atoms with E-state index in [2.05, 4.69) is 4.90 Å². The van der Waals surface area contributed by atoms with E-state index >= 15 is 0 Å². The van der Waals surface area contributed by atoms with Crippen LogP contribution >= 0.6 is 0 Å². The van der Waals surface area contributed by atoms with Gasteiger partial charge in [0.15, 0.2) is 11.5 Å². The summed E-state index contributed by atoms with van der Waals surface area (Å²) < 4.78 is 28.4. The Morgan fingerprint density at radius 3 is 2.76 bits per heavy atom. The molecule has 0 fully saturated rings. The van der Waals surface area contributed by atoms with E-state index in [-0.39, 0.29) is 18.8 Å². The summed E-state index contributed by atoms with van der Waals surface area (Å²) in [4.78, 5) is 15.0. The molecule has 0 spiro atoms. The van der Waals surface area contributed by atoms with Gasteiger partial charge >= 0.3 is 5.97 Å². The van der Waals surface area contributed by atoms with Crippen molar-refractivity contribution in [3.05, 3.63) is 46.0 Å². The summed E-state index contributed by atoms with van der Waals surface area (Å²) in [5.74, 6) is 2.33. The number of nitrogens with zero attached hydrogens (tertiary/aromatic N) is 1. The average molecular weight is 397 g/mol. The normalized spacial score (nSPS) is 22.1. The number of carbonyl (C=O) groups is 1. The van der Waals surface area contributed by atoms with E-state index in [4.69, 9.17) is 23.7 Å². The predicted octanol–water partition coefficient (Wildman–Crippen LogP) is 3.18. The molecule has 0 saturated carbocycles. The van der Waals surface area contributed by atoms with Gasteiger partial charge in [-0.2, -0.15) is 0 Å². The van der Waals surface area contributed by atoms with Crippen LogP contribution in [0.3, 0.4) is 0 Å². The van der Waals surface area contributed by atoms with Crippen molar-refractivity contribution in [1.82, 2.24) is 4.90 Å². The van der Waals surface area contributed by atoms with Crippen LogP contribution in [-0.4, -0.2) is 45.5 Å². The van der Waals surface area contributed by atoms with E-state index in [1.165, 1.54) is 0 Å². The number of rotatable bonds is 3. The summed E-state index contributed by atoms with van der Waals surface area (Å²) >= 11 is 0. The molecule has 3 aliphatic rings. The molecule has 0 saturated heterocycles. The summed E-state index contributed by atoms with van der Waals surface area (Å²) in [5, 5.41) is 0. The smallest absolute Gasteiger partial charge is 0.339 e. The minimum Gasteiger partial charge on any atom is -0.496 e. The molecule has 29 heavy (non-hydrogen) atoms. The maximum Gasteiger partial charge on any atom is 0.339 e. The molecular formula is C22H23NO6. The number of likely N-dealkylation sites (N-methyl/N-ethyl adjacent to an activating group) is 1. The summed E-state index contributed by atoms with van der Waals surface area (Å²) in [6.45, 7) is 2.90. The standard InChI is InChI=1S/C22H23NO6/c1-11-14(25-3)6-5-13-16(11)22(24)29-19(13)18-17-12(7-8-23(18)2)9-15-20(21(17)26-4)28-10-27-15/h5-6,9,18-19H,7-8,10H2,1-4H3/t18-,19+/m1/s1. The van der Waals surface area contributed by atoms with E-state index in [1.54, 1.807) is 14.2 Å². The lowest BCUT2D eigenvalue weighted by atomic mass is 9.85. The zero-order chi connectivity index (χ0) is 20.3. The van der Waals surface area contributed by atoms with E-state index in [0.29, 0.717) is 28.6 Å². The Labute approximate surface area is 169 Å². The molecule has 2 aromatic carbocycles. The molecule has 7 heteroatoms. The van der Waals surface area contributed by atoms with Crippen molar-refractivity contribution in [3.63, 3.8) is 0 Å². The fourth-order valence-electron chi connectivity index (χ4n) is 4.76. The third-order valence-electron chi connectivity index (χ3n) is 6.15.